The van der Waals surface area contributed by atoms with Gasteiger partial charge in [0.25, 0.3) is 0 Å². The lowest BCUT2D eigenvalue weighted by molar-refractivity contribution is 0.565. The molecule has 2 atom stereocenters. The fourth-order valence-electron chi connectivity index (χ4n) is 5.32. The van der Waals surface area contributed by atoms with Crippen molar-refractivity contribution in [2.75, 3.05) is 4.90 Å². The molecule has 1 fully saturated rings. The topological polar surface area (TPSA) is 33.1 Å². The molecule has 0 amide bonds. The maximum Gasteiger partial charge on any atom is 0.174 e. The van der Waals surface area contributed by atoms with Crippen LogP contribution in [0.3, 0.4) is 0 Å². The summed E-state index contributed by atoms with van der Waals surface area (Å²) < 4.78 is 2.39. The van der Waals surface area contributed by atoms with Crippen molar-refractivity contribution in [3.05, 3.63) is 112 Å². The molecule has 2 aromatic heterocycles. The number of nitrogens with zero attached hydrogens (tertiary/aromatic N) is 3. The second-order valence-corrected chi connectivity index (χ2v) is 9.62. The fourth-order valence-corrected chi connectivity index (χ4v) is 5.66. The molecule has 1 aliphatic heterocycles. The maximum atomic E-state index is 5.92. The number of aryl methyl sites for hydroxylation is 4. The molecule has 3 heterocycles. The van der Waals surface area contributed by atoms with E-state index < -0.39 is 0 Å². The second kappa shape index (κ2) is 8.73. The molecule has 4 nitrogen and oxygen atoms in total. The van der Waals surface area contributed by atoms with Crippen LogP contribution < -0.4 is 10.2 Å². The molecule has 5 rings (SSSR count). The Morgan fingerprint density at radius 2 is 1.59 bits per heavy atom. The first kappa shape index (κ1) is 22.4. The van der Waals surface area contributed by atoms with Crippen molar-refractivity contribution in [3.63, 3.8) is 0 Å². The van der Waals surface area contributed by atoms with Gasteiger partial charge in [-0.2, -0.15) is 0 Å². The van der Waals surface area contributed by atoms with E-state index in [4.69, 9.17) is 17.2 Å². The average Bonchev–Trinajstić information content (AvgIpc) is 3.30. The van der Waals surface area contributed by atoms with Crippen LogP contribution in [-0.2, 0) is 0 Å². The zero-order valence-electron chi connectivity index (χ0n) is 20.3. The Kier molecular flexibility index (Phi) is 5.74. The Hall–Kier alpha value is -3.44. The first-order chi connectivity index (χ1) is 16.4. The van der Waals surface area contributed by atoms with E-state index in [0.29, 0.717) is 0 Å². The van der Waals surface area contributed by atoms with Crippen LogP contribution in [0.2, 0.25) is 0 Å². The Morgan fingerprint density at radius 3 is 2.26 bits per heavy atom. The Morgan fingerprint density at radius 1 is 0.853 bits per heavy atom. The van der Waals surface area contributed by atoms with E-state index in [1.165, 1.54) is 39.3 Å². The summed E-state index contributed by atoms with van der Waals surface area (Å²) >= 11 is 5.92. The van der Waals surface area contributed by atoms with Gasteiger partial charge in [0.15, 0.2) is 5.11 Å². The molecule has 1 aliphatic rings. The van der Waals surface area contributed by atoms with Crippen LogP contribution in [0, 0.1) is 34.6 Å². The van der Waals surface area contributed by atoms with Crippen LogP contribution in [0.5, 0.6) is 0 Å². The van der Waals surface area contributed by atoms with Crippen LogP contribution in [0.25, 0.3) is 5.69 Å². The highest BCUT2D eigenvalue weighted by Gasteiger charge is 2.42. The Labute approximate surface area is 207 Å². The largest absolute Gasteiger partial charge is 0.351 e. The van der Waals surface area contributed by atoms with Gasteiger partial charge < -0.3 is 14.8 Å². The van der Waals surface area contributed by atoms with Crippen molar-refractivity contribution in [3.8, 4) is 5.69 Å². The van der Waals surface area contributed by atoms with E-state index in [-0.39, 0.29) is 12.1 Å². The van der Waals surface area contributed by atoms with Gasteiger partial charge >= 0.3 is 0 Å². The van der Waals surface area contributed by atoms with Crippen molar-refractivity contribution >= 4 is 23.0 Å². The molecule has 0 spiro atoms. The third-order valence-electron chi connectivity index (χ3n) is 6.83. The van der Waals surface area contributed by atoms with Crippen LogP contribution in [0.15, 0.2) is 72.9 Å². The first-order valence-corrected chi connectivity index (χ1v) is 12.1. The molecule has 0 bridgehead atoms. The molecule has 4 aromatic rings. The SMILES string of the molecule is Cc1cccc(N2C(=S)N[C@H](c3ccccn3)[C@@H]2c2cc(C)n(-c3c(C)cccc3C)c2C)c1. The molecule has 0 radical (unpaired) electrons. The molecular formula is C29H30N4S. The van der Waals surface area contributed by atoms with Crippen molar-refractivity contribution < 1.29 is 0 Å². The molecule has 34 heavy (non-hydrogen) atoms. The molecule has 0 aliphatic carbocycles. The lowest BCUT2D eigenvalue weighted by atomic mass is 9.96. The van der Waals surface area contributed by atoms with E-state index in [1.54, 1.807) is 0 Å². The summed E-state index contributed by atoms with van der Waals surface area (Å²) in [4.78, 5) is 6.97. The van der Waals surface area contributed by atoms with Crippen LogP contribution in [-0.4, -0.2) is 14.7 Å². The summed E-state index contributed by atoms with van der Waals surface area (Å²) in [6.45, 7) is 10.9. The highest BCUT2D eigenvalue weighted by atomic mass is 32.1. The van der Waals surface area contributed by atoms with Gasteiger partial charge in [-0.05, 0) is 99.4 Å². The number of para-hydroxylation sites is 1. The zero-order valence-corrected chi connectivity index (χ0v) is 21.1. The number of thiocarbonyl (C=S) groups is 1. The molecular weight excluding hydrogens is 436 g/mol. The molecule has 2 aromatic carbocycles. The average molecular weight is 467 g/mol. The molecule has 5 heteroatoms. The number of rotatable bonds is 4. The van der Waals surface area contributed by atoms with E-state index >= 15 is 0 Å². The Bertz CT molecular complexity index is 1350. The van der Waals surface area contributed by atoms with Gasteiger partial charge in [-0.25, -0.2) is 0 Å². The fraction of sp³-hybridized carbons (Fsp3) is 0.241. The number of nitrogens with one attached hydrogen (secondary N) is 1. The van der Waals surface area contributed by atoms with E-state index in [2.05, 4.69) is 104 Å². The van der Waals surface area contributed by atoms with Crippen LogP contribution in [0.4, 0.5) is 5.69 Å². The van der Waals surface area contributed by atoms with Gasteiger partial charge in [-0.3, -0.25) is 4.98 Å². The molecule has 0 unspecified atom stereocenters. The van der Waals surface area contributed by atoms with E-state index in [9.17, 15) is 0 Å². The minimum Gasteiger partial charge on any atom is -0.351 e. The summed E-state index contributed by atoms with van der Waals surface area (Å²) in [6.07, 6.45) is 1.85. The van der Waals surface area contributed by atoms with Crippen molar-refractivity contribution in [1.29, 1.82) is 0 Å². The highest BCUT2D eigenvalue weighted by molar-refractivity contribution is 7.80. The normalized spacial score (nSPS) is 17.8. The van der Waals surface area contributed by atoms with Crippen LogP contribution >= 0.6 is 12.2 Å². The minimum absolute atomic E-state index is 0.0199. The molecule has 1 N–H and O–H groups in total. The van der Waals surface area contributed by atoms with Crippen LogP contribution in [0.1, 0.15) is 51.4 Å². The molecule has 0 saturated carbocycles. The van der Waals surface area contributed by atoms with Crippen molar-refractivity contribution in [2.24, 2.45) is 0 Å². The smallest absolute Gasteiger partial charge is 0.174 e. The summed E-state index contributed by atoms with van der Waals surface area (Å²) in [7, 11) is 0. The third kappa shape index (κ3) is 3.70. The van der Waals surface area contributed by atoms with Gasteiger partial charge in [0.2, 0.25) is 0 Å². The summed E-state index contributed by atoms with van der Waals surface area (Å²) in [6, 6.07) is 23.4. The maximum absolute atomic E-state index is 5.92. The van der Waals surface area contributed by atoms with Gasteiger partial charge in [0, 0.05) is 23.3 Å². The first-order valence-electron chi connectivity index (χ1n) is 11.7. The summed E-state index contributed by atoms with van der Waals surface area (Å²) in [5.41, 5.74) is 10.8. The van der Waals surface area contributed by atoms with Gasteiger partial charge in [-0.1, -0.05) is 36.4 Å². The van der Waals surface area contributed by atoms with Gasteiger partial charge in [0.05, 0.1) is 23.5 Å². The number of aromatic nitrogens is 2. The van der Waals surface area contributed by atoms with Crippen molar-refractivity contribution in [2.45, 2.75) is 46.7 Å². The number of benzene rings is 2. The number of pyridine rings is 1. The standard InChI is InChI=1S/C29H30N4S/c1-18-10-8-13-23(16-18)33-28(26(31-29(33)34)25-14-6-7-15-30-25)24-17-21(4)32(22(24)5)27-19(2)11-9-12-20(27)3/h6-17,26,28H,1-5H3,(H,31,34)/t26-,28+/m1/s1. The lowest BCUT2D eigenvalue weighted by Crippen LogP contribution is -2.29. The molecule has 1 saturated heterocycles. The lowest BCUT2D eigenvalue weighted by Gasteiger charge is -2.28. The van der Waals surface area contributed by atoms with Crippen molar-refractivity contribution in [1.82, 2.24) is 14.9 Å². The quantitative estimate of drug-likeness (QED) is 0.344. The number of hydrogen-bond acceptors (Lipinski definition) is 2. The number of anilines is 1. The summed E-state index contributed by atoms with van der Waals surface area (Å²) in [5, 5.41) is 4.32. The minimum atomic E-state index is -0.0545. The molecule has 172 valence electrons. The summed E-state index contributed by atoms with van der Waals surface area (Å²) in [5.74, 6) is 0. The third-order valence-corrected chi connectivity index (χ3v) is 7.14. The monoisotopic (exact) mass is 466 g/mol. The second-order valence-electron chi connectivity index (χ2n) is 9.24. The zero-order chi connectivity index (χ0) is 24.0. The van der Waals surface area contributed by atoms with E-state index in [0.717, 1.165) is 16.5 Å². The van der Waals surface area contributed by atoms with E-state index in [1.807, 2.05) is 18.3 Å². The predicted molar refractivity (Wildman–Crippen MR) is 144 cm³/mol. The highest BCUT2D eigenvalue weighted by Crippen LogP contribution is 2.44. The Balaban J connectivity index is 1.72. The predicted octanol–water partition coefficient (Wildman–Crippen LogP) is 6.59. The van der Waals surface area contributed by atoms with Gasteiger partial charge in [-0.15, -0.1) is 0 Å². The van der Waals surface area contributed by atoms with Gasteiger partial charge in [0.1, 0.15) is 0 Å². The number of hydrogen-bond donors (Lipinski definition) is 1.